The highest BCUT2D eigenvalue weighted by Crippen LogP contribution is 2.08. The molecule has 0 spiro atoms. The topological polar surface area (TPSA) is 31.0 Å². The average molecular weight is 160 g/mol. The third-order valence-corrected chi connectivity index (χ3v) is 1.49. The Bertz CT molecular complexity index is 91.3. The first-order valence-electron chi connectivity index (χ1n) is 4.20. The molecule has 3 heteroatoms. The van der Waals surface area contributed by atoms with Crippen LogP contribution < -0.4 is 0 Å². The summed E-state index contributed by atoms with van der Waals surface area (Å²) in [6.45, 7) is 6.03. The van der Waals surface area contributed by atoms with E-state index in [9.17, 15) is 0 Å². The Morgan fingerprint density at radius 1 is 1.36 bits per heavy atom. The van der Waals surface area contributed by atoms with Gasteiger partial charge in [-0.15, -0.1) is 0 Å². The fourth-order valence-corrected chi connectivity index (χ4v) is 0.786. The average Bonchev–Trinajstić information content (AvgIpc) is 2.80. The van der Waals surface area contributed by atoms with E-state index in [1.54, 1.807) is 0 Å². The van der Waals surface area contributed by atoms with Gasteiger partial charge in [0.2, 0.25) is 0 Å². The number of hydrogen-bond acceptors (Lipinski definition) is 3. The molecule has 1 aliphatic heterocycles. The van der Waals surface area contributed by atoms with Gasteiger partial charge < -0.3 is 14.2 Å². The zero-order valence-electron chi connectivity index (χ0n) is 7.04. The predicted molar refractivity (Wildman–Crippen MR) is 41.7 cm³/mol. The maximum Gasteiger partial charge on any atom is 0.104 e. The molecule has 0 saturated carbocycles. The van der Waals surface area contributed by atoms with Crippen molar-refractivity contribution in [1.29, 1.82) is 0 Å². The van der Waals surface area contributed by atoms with E-state index in [1.165, 1.54) is 0 Å². The first kappa shape index (κ1) is 8.97. The van der Waals surface area contributed by atoms with Crippen molar-refractivity contribution in [1.82, 2.24) is 0 Å². The first-order valence-corrected chi connectivity index (χ1v) is 4.20. The molecule has 0 bridgehead atoms. The fourth-order valence-electron chi connectivity index (χ4n) is 0.786. The summed E-state index contributed by atoms with van der Waals surface area (Å²) < 4.78 is 15.4. The standard InChI is InChI=1S/C8H16O3/c1-2-9-4-3-5-10-6-8-7-11-8/h8H,2-7H2,1H3. The summed E-state index contributed by atoms with van der Waals surface area (Å²) in [5, 5.41) is 0. The van der Waals surface area contributed by atoms with Crippen molar-refractivity contribution in [3.63, 3.8) is 0 Å². The van der Waals surface area contributed by atoms with Crippen molar-refractivity contribution in [2.24, 2.45) is 0 Å². The third kappa shape index (κ3) is 5.18. The summed E-state index contributed by atoms with van der Waals surface area (Å²) in [6, 6.07) is 0. The SMILES string of the molecule is CCOCCCOCC1CO1. The van der Waals surface area contributed by atoms with Crippen LogP contribution in [0.5, 0.6) is 0 Å². The monoisotopic (exact) mass is 160 g/mol. The van der Waals surface area contributed by atoms with Crippen molar-refractivity contribution in [2.45, 2.75) is 19.4 Å². The van der Waals surface area contributed by atoms with Gasteiger partial charge in [0.05, 0.1) is 13.2 Å². The smallest absolute Gasteiger partial charge is 0.104 e. The maximum absolute atomic E-state index is 5.30. The van der Waals surface area contributed by atoms with Crippen molar-refractivity contribution >= 4 is 0 Å². The Morgan fingerprint density at radius 3 is 2.73 bits per heavy atom. The molecule has 0 aromatic carbocycles. The Kier molecular flexibility index (Phi) is 4.50. The van der Waals surface area contributed by atoms with Gasteiger partial charge in [0.25, 0.3) is 0 Å². The Balaban J connectivity index is 1.66. The van der Waals surface area contributed by atoms with E-state index in [-0.39, 0.29) is 0 Å². The molecular weight excluding hydrogens is 144 g/mol. The summed E-state index contributed by atoms with van der Waals surface area (Å²) in [5.41, 5.74) is 0. The molecule has 11 heavy (non-hydrogen) atoms. The molecule has 1 saturated heterocycles. The second kappa shape index (κ2) is 5.52. The van der Waals surface area contributed by atoms with Crippen LogP contribution in [0.4, 0.5) is 0 Å². The molecule has 0 aliphatic carbocycles. The van der Waals surface area contributed by atoms with Crippen LogP contribution in [0, 0.1) is 0 Å². The Labute approximate surface area is 67.6 Å². The van der Waals surface area contributed by atoms with Crippen LogP contribution in [-0.4, -0.2) is 39.1 Å². The second-order valence-corrected chi connectivity index (χ2v) is 2.58. The molecule has 66 valence electrons. The molecule has 1 heterocycles. The molecule has 0 aromatic rings. The lowest BCUT2D eigenvalue weighted by molar-refractivity contribution is 0.0798. The highest BCUT2D eigenvalue weighted by atomic mass is 16.6. The second-order valence-electron chi connectivity index (χ2n) is 2.58. The van der Waals surface area contributed by atoms with Crippen LogP contribution in [-0.2, 0) is 14.2 Å². The molecule has 0 radical (unpaired) electrons. The quantitative estimate of drug-likeness (QED) is 0.408. The van der Waals surface area contributed by atoms with Gasteiger partial charge in [-0.3, -0.25) is 0 Å². The number of rotatable bonds is 7. The maximum atomic E-state index is 5.30. The summed E-state index contributed by atoms with van der Waals surface area (Å²) in [5.74, 6) is 0. The summed E-state index contributed by atoms with van der Waals surface area (Å²) in [4.78, 5) is 0. The molecule has 0 aromatic heterocycles. The van der Waals surface area contributed by atoms with Gasteiger partial charge in [-0.2, -0.15) is 0 Å². The summed E-state index contributed by atoms with van der Waals surface area (Å²) >= 11 is 0. The minimum Gasteiger partial charge on any atom is -0.382 e. The van der Waals surface area contributed by atoms with Gasteiger partial charge in [-0.25, -0.2) is 0 Å². The lowest BCUT2D eigenvalue weighted by Gasteiger charge is -2.01. The normalized spacial score (nSPS) is 22.1. The molecule has 1 rings (SSSR count). The van der Waals surface area contributed by atoms with E-state index in [0.29, 0.717) is 6.10 Å². The summed E-state index contributed by atoms with van der Waals surface area (Å²) in [6.07, 6.45) is 1.38. The predicted octanol–water partition coefficient (Wildman–Crippen LogP) is 0.828. The van der Waals surface area contributed by atoms with E-state index < -0.39 is 0 Å². The van der Waals surface area contributed by atoms with E-state index >= 15 is 0 Å². The van der Waals surface area contributed by atoms with E-state index in [2.05, 4.69) is 0 Å². The van der Waals surface area contributed by atoms with E-state index in [4.69, 9.17) is 14.2 Å². The zero-order valence-corrected chi connectivity index (χ0v) is 7.04. The van der Waals surface area contributed by atoms with Gasteiger partial charge in [0.1, 0.15) is 6.10 Å². The van der Waals surface area contributed by atoms with Crippen LogP contribution in [0.1, 0.15) is 13.3 Å². The van der Waals surface area contributed by atoms with Crippen LogP contribution in [0.2, 0.25) is 0 Å². The molecule has 1 aliphatic rings. The van der Waals surface area contributed by atoms with Crippen LogP contribution in [0.25, 0.3) is 0 Å². The molecule has 3 nitrogen and oxygen atoms in total. The number of ether oxygens (including phenoxy) is 3. The first-order chi connectivity index (χ1) is 5.43. The fraction of sp³-hybridized carbons (Fsp3) is 1.00. The molecule has 1 fully saturated rings. The highest BCUT2D eigenvalue weighted by molar-refractivity contribution is 4.66. The van der Waals surface area contributed by atoms with E-state index in [1.807, 2.05) is 6.92 Å². The zero-order chi connectivity index (χ0) is 7.94. The van der Waals surface area contributed by atoms with Crippen molar-refractivity contribution in [2.75, 3.05) is 33.0 Å². The van der Waals surface area contributed by atoms with Gasteiger partial charge in [-0.1, -0.05) is 0 Å². The Hall–Kier alpha value is -0.120. The van der Waals surface area contributed by atoms with Crippen LogP contribution in [0.3, 0.4) is 0 Å². The highest BCUT2D eigenvalue weighted by Gasteiger charge is 2.21. The van der Waals surface area contributed by atoms with Gasteiger partial charge >= 0.3 is 0 Å². The van der Waals surface area contributed by atoms with Gasteiger partial charge in [0, 0.05) is 19.8 Å². The van der Waals surface area contributed by atoms with Crippen molar-refractivity contribution in [3.05, 3.63) is 0 Å². The third-order valence-electron chi connectivity index (χ3n) is 1.49. The largest absolute Gasteiger partial charge is 0.382 e. The Morgan fingerprint density at radius 2 is 2.09 bits per heavy atom. The number of epoxide rings is 1. The molecule has 0 amide bonds. The van der Waals surface area contributed by atoms with Crippen LogP contribution >= 0.6 is 0 Å². The lowest BCUT2D eigenvalue weighted by Crippen LogP contribution is -2.05. The molecule has 1 unspecified atom stereocenters. The van der Waals surface area contributed by atoms with Crippen molar-refractivity contribution < 1.29 is 14.2 Å². The molecule has 0 N–H and O–H groups in total. The summed E-state index contributed by atoms with van der Waals surface area (Å²) in [7, 11) is 0. The lowest BCUT2D eigenvalue weighted by atomic mass is 10.5. The van der Waals surface area contributed by atoms with E-state index in [0.717, 1.165) is 39.5 Å². The minimum atomic E-state index is 0.391. The van der Waals surface area contributed by atoms with Gasteiger partial charge in [-0.05, 0) is 13.3 Å². The van der Waals surface area contributed by atoms with Crippen molar-refractivity contribution in [3.8, 4) is 0 Å². The van der Waals surface area contributed by atoms with Crippen LogP contribution in [0.15, 0.2) is 0 Å². The number of hydrogen-bond donors (Lipinski definition) is 0. The molecule has 1 atom stereocenters. The van der Waals surface area contributed by atoms with Gasteiger partial charge in [0.15, 0.2) is 0 Å². The molecular formula is C8H16O3. The minimum absolute atomic E-state index is 0.391.